The van der Waals surface area contributed by atoms with Gasteiger partial charge in [-0.25, -0.2) is 0 Å². The molecule has 0 aliphatic heterocycles. The number of benzene rings is 2. The summed E-state index contributed by atoms with van der Waals surface area (Å²) in [6.07, 6.45) is 4.29. The van der Waals surface area contributed by atoms with Crippen LogP contribution in [0.3, 0.4) is 0 Å². The van der Waals surface area contributed by atoms with Crippen molar-refractivity contribution in [3.63, 3.8) is 0 Å². The highest BCUT2D eigenvalue weighted by atomic mass is 16.5. The fourth-order valence-electron chi connectivity index (χ4n) is 2.19. The number of rotatable bonds is 6. The summed E-state index contributed by atoms with van der Waals surface area (Å²) in [6.45, 7) is 0.540. The van der Waals surface area contributed by atoms with Crippen LogP contribution in [0, 0.1) is 0 Å². The molecule has 1 aromatic heterocycles. The van der Waals surface area contributed by atoms with Gasteiger partial charge in [-0.3, -0.25) is 9.89 Å². The molecule has 116 valence electrons. The van der Waals surface area contributed by atoms with Crippen LogP contribution in [-0.4, -0.2) is 22.6 Å². The third kappa shape index (κ3) is 3.97. The molecule has 0 aliphatic carbocycles. The van der Waals surface area contributed by atoms with Crippen molar-refractivity contribution >= 4 is 5.91 Å². The molecule has 0 unspecified atom stereocenters. The van der Waals surface area contributed by atoms with Crippen LogP contribution in [0.2, 0.25) is 0 Å². The summed E-state index contributed by atoms with van der Waals surface area (Å²) in [5.74, 6) is 1.09. The van der Waals surface area contributed by atoms with Gasteiger partial charge in [-0.15, -0.1) is 0 Å². The van der Waals surface area contributed by atoms with E-state index in [9.17, 15) is 4.79 Å². The summed E-state index contributed by atoms with van der Waals surface area (Å²) in [5, 5.41) is 9.54. The molecule has 0 aliphatic rings. The van der Waals surface area contributed by atoms with E-state index in [2.05, 4.69) is 15.5 Å². The van der Waals surface area contributed by atoms with E-state index in [1.165, 1.54) is 0 Å². The minimum absolute atomic E-state index is 0.153. The van der Waals surface area contributed by atoms with E-state index in [4.69, 9.17) is 4.74 Å². The van der Waals surface area contributed by atoms with Gasteiger partial charge in [-0.2, -0.15) is 5.10 Å². The third-order valence-electron chi connectivity index (χ3n) is 3.36. The van der Waals surface area contributed by atoms with Crippen LogP contribution < -0.4 is 10.1 Å². The van der Waals surface area contributed by atoms with Crippen LogP contribution in [0.1, 0.15) is 15.9 Å². The Morgan fingerprint density at radius 3 is 2.65 bits per heavy atom. The smallest absolute Gasteiger partial charge is 0.255 e. The van der Waals surface area contributed by atoms with Crippen LogP contribution in [0.4, 0.5) is 0 Å². The van der Waals surface area contributed by atoms with E-state index >= 15 is 0 Å². The molecule has 1 amide bonds. The van der Waals surface area contributed by atoms with Crippen LogP contribution in [-0.2, 0) is 6.42 Å². The molecule has 5 nitrogen and oxygen atoms in total. The molecule has 5 heteroatoms. The Kier molecular flexibility index (Phi) is 4.69. The number of amides is 1. The largest absolute Gasteiger partial charge is 0.457 e. The number of hydrogen-bond donors (Lipinski definition) is 2. The Labute approximate surface area is 134 Å². The summed E-state index contributed by atoms with van der Waals surface area (Å²) >= 11 is 0. The van der Waals surface area contributed by atoms with Gasteiger partial charge in [0.2, 0.25) is 0 Å². The van der Waals surface area contributed by atoms with Crippen molar-refractivity contribution in [1.82, 2.24) is 15.5 Å². The fraction of sp³-hybridized carbons (Fsp3) is 0.111. The maximum absolute atomic E-state index is 12.4. The highest BCUT2D eigenvalue weighted by Gasteiger charge is 2.12. The average molecular weight is 307 g/mol. The number of nitrogens with one attached hydrogen (secondary N) is 2. The first-order chi connectivity index (χ1) is 11.3. The van der Waals surface area contributed by atoms with E-state index in [0.29, 0.717) is 23.6 Å². The van der Waals surface area contributed by atoms with Crippen molar-refractivity contribution in [2.75, 3.05) is 6.54 Å². The quantitative estimate of drug-likeness (QED) is 0.735. The SMILES string of the molecule is O=C(NCCc1cn[nH]c1)c1ccccc1Oc1ccccc1. The molecule has 0 radical (unpaired) electrons. The first-order valence-electron chi connectivity index (χ1n) is 7.41. The van der Waals surface area contributed by atoms with Gasteiger partial charge in [-0.1, -0.05) is 30.3 Å². The molecule has 0 atom stereocenters. The number of aromatic nitrogens is 2. The lowest BCUT2D eigenvalue weighted by Gasteiger charge is -2.11. The lowest BCUT2D eigenvalue weighted by molar-refractivity contribution is 0.0952. The standard InChI is InChI=1S/C18H17N3O2/c22-18(19-11-10-14-12-20-21-13-14)16-8-4-5-9-17(16)23-15-6-2-1-3-7-15/h1-9,12-13H,10-11H2,(H,19,22)(H,20,21). The first kappa shape index (κ1) is 14.8. The minimum atomic E-state index is -0.153. The van der Waals surface area contributed by atoms with E-state index in [1.807, 2.05) is 48.7 Å². The Balaban J connectivity index is 1.65. The van der Waals surface area contributed by atoms with E-state index in [-0.39, 0.29) is 5.91 Å². The number of hydrogen-bond acceptors (Lipinski definition) is 3. The lowest BCUT2D eigenvalue weighted by atomic mass is 10.1. The third-order valence-corrected chi connectivity index (χ3v) is 3.36. The molecule has 23 heavy (non-hydrogen) atoms. The highest BCUT2D eigenvalue weighted by molar-refractivity contribution is 5.97. The van der Waals surface area contributed by atoms with Gasteiger partial charge < -0.3 is 10.1 Å². The molecule has 1 heterocycles. The maximum atomic E-state index is 12.4. The van der Waals surface area contributed by atoms with Crippen molar-refractivity contribution in [3.05, 3.63) is 78.1 Å². The van der Waals surface area contributed by atoms with E-state index < -0.39 is 0 Å². The number of carbonyl (C=O) groups is 1. The molecule has 0 bridgehead atoms. The Morgan fingerprint density at radius 2 is 1.87 bits per heavy atom. The van der Waals surface area contributed by atoms with Crippen LogP contribution in [0.5, 0.6) is 11.5 Å². The molecule has 0 saturated carbocycles. The molecule has 0 spiro atoms. The molecule has 2 aromatic carbocycles. The van der Waals surface area contributed by atoms with Crippen LogP contribution >= 0.6 is 0 Å². The summed E-state index contributed by atoms with van der Waals surface area (Å²) in [6, 6.07) is 16.6. The summed E-state index contributed by atoms with van der Waals surface area (Å²) in [7, 11) is 0. The molecular formula is C18H17N3O2. The number of carbonyl (C=O) groups excluding carboxylic acids is 1. The summed E-state index contributed by atoms with van der Waals surface area (Å²) in [4.78, 5) is 12.4. The monoisotopic (exact) mass is 307 g/mol. The molecule has 3 aromatic rings. The van der Waals surface area contributed by atoms with Crippen molar-refractivity contribution in [3.8, 4) is 11.5 Å². The molecular weight excluding hydrogens is 290 g/mol. The molecule has 2 N–H and O–H groups in total. The van der Waals surface area contributed by atoms with Crippen LogP contribution in [0.25, 0.3) is 0 Å². The molecule has 0 fully saturated rings. The Bertz CT molecular complexity index is 755. The van der Waals surface area contributed by atoms with Crippen molar-refractivity contribution in [2.45, 2.75) is 6.42 Å². The lowest BCUT2D eigenvalue weighted by Crippen LogP contribution is -2.26. The number of ether oxygens (including phenoxy) is 1. The maximum Gasteiger partial charge on any atom is 0.255 e. The zero-order valence-electron chi connectivity index (χ0n) is 12.5. The topological polar surface area (TPSA) is 67.0 Å². The summed E-state index contributed by atoms with van der Waals surface area (Å²) < 4.78 is 5.81. The second-order valence-corrected chi connectivity index (χ2v) is 5.02. The van der Waals surface area contributed by atoms with E-state index in [1.54, 1.807) is 18.3 Å². The van der Waals surface area contributed by atoms with Gasteiger partial charge in [0.25, 0.3) is 5.91 Å². The predicted molar refractivity (Wildman–Crippen MR) is 87.6 cm³/mol. The minimum Gasteiger partial charge on any atom is -0.457 e. The zero-order valence-corrected chi connectivity index (χ0v) is 12.5. The van der Waals surface area contributed by atoms with Gasteiger partial charge in [0.1, 0.15) is 11.5 Å². The van der Waals surface area contributed by atoms with Gasteiger partial charge >= 0.3 is 0 Å². The van der Waals surface area contributed by atoms with Crippen LogP contribution in [0.15, 0.2) is 67.0 Å². The normalized spacial score (nSPS) is 10.3. The number of H-pyrrole nitrogens is 1. The average Bonchev–Trinajstić information content (AvgIpc) is 3.09. The number of nitrogens with zero attached hydrogens (tertiary/aromatic N) is 1. The Morgan fingerprint density at radius 1 is 1.09 bits per heavy atom. The second kappa shape index (κ2) is 7.26. The van der Waals surface area contributed by atoms with Gasteiger partial charge in [0.15, 0.2) is 0 Å². The first-order valence-corrected chi connectivity index (χ1v) is 7.41. The van der Waals surface area contributed by atoms with Gasteiger partial charge in [0, 0.05) is 12.7 Å². The zero-order chi connectivity index (χ0) is 15.9. The van der Waals surface area contributed by atoms with Gasteiger partial charge in [-0.05, 0) is 36.2 Å². The predicted octanol–water partition coefficient (Wildman–Crippen LogP) is 3.17. The van der Waals surface area contributed by atoms with Gasteiger partial charge in [0.05, 0.1) is 11.8 Å². The molecule has 3 rings (SSSR count). The van der Waals surface area contributed by atoms with Crippen molar-refractivity contribution in [1.29, 1.82) is 0 Å². The summed E-state index contributed by atoms with van der Waals surface area (Å²) in [5.41, 5.74) is 1.57. The number of aromatic amines is 1. The second-order valence-electron chi connectivity index (χ2n) is 5.02. The van der Waals surface area contributed by atoms with Crippen molar-refractivity contribution < 1.29 is 9.53 Å². The fourth-order valence-corrected chi connectivity index (χ4v) is 2.19. The Hall–Kier alpha value is -3.08. The molecule has 0 saturated heterocycles. The highest BCUT2D eigenvalue weighted by Crippen LogP contribution is 2.24. The van der Waals surface area contributed by atoms with E-state index in [0.717, 1.165) is 12.0 Å². The number of para-hydroxylation sites is 2. The van der Waals surface area contributed by atoms with Crippen molar-refractivity contribution in [2.24, 2.45) is 0 Å².